The molecule has 18 heavy (non-hydrogen) atoms. The van der Waals surface area contributed by atoms with Crippen LogP contribution in [0.25, 0.3) is 0 Å². The van der Waals surface area contributed by atoms with Gasteiger partial charge < -0.3 is 10.0 Å². The maximum Gasteiger partial charge on any atom is 0.306 e. The predicted octanol–water partition coefficient (Wildman–Crippen LogP) is 2.13. The predicted molar refractivity (Wildman–Crippen MR) is 68.0 cm³/mol. The van der Waals surface area contributed by atoms with E-state index in [4.69, 9.17) is 5.11 Å². The number of nitrogens with zero attached hydrogens (tertiary/aromatic N) is 1. The first-order valence-corrected chi connectivity index (χ1v) is 7.02. The summed E-state index contributed by atoms with van der Waals surface area (Å²) in [5.41, 5.74) is 0. The van der Waals surface area contributed by atoms with Crippen LogP contribution in [-0.2, 0) is 9.59 Å². The summed E-state index contributed by atoms with van der Waals surface area (Å²) in [5, 5.41) is 8.99. The van der Waals surface area contributed by atoms with E-state index in [0.717, 1.165) is 13.0 Å². The molecule has 1 N–H and O–H groups in total. The van der Waals surface area contributed by atoms with Crippen LogP contribution in [0.15, 0.2) is 0 Å². The third kappa shape index (κ3) is 3.03. The van der Waals surface area contributed by atoms with Crippen LogP contribution in [0.3, 0.4) is 0 Å². The van der Waals surface area contributed by atoms with E-state index in [2.05, 4.69) is 0 Å². The zero-order valence-corrected chi connectivity index (χ0v) is 11.3. The molecule has 0 unspecified atom stereocenters. The van der Waals surface area contributed by atoms with E-state index in [1.807, 2.05) is 18.7 Å². The van der Waals surface area contributed by atoms with Crippen molar-refractivity contribution in [2.45, 2.75) is 52.0 Å². The molecule has 2 atom stereocenters. The average Bonchev–Trinajstić information content (AvgIpc) is 2.97. The van der Waals surface area contributed by atoms with E-state index in [1.54, 1.807) is 0 Å². The molecule has 4 heteroatoms. The summed E-state index contributed by atoms with van der Waals surface area (Å²) in [5.74, 6) is -0.251. The number of carbonyl (C=O) groups is 2. The largest absolute Gasteiger partial charge is 0.481 e. The first-order chi connectivity index (χ1) is 8.49. The van der Waals surface area contributed by atoms with Gasteiger partial charge in [0.25, 0.3) is 0 Å². The molecule has 0 bridgehead atoms. The third-order valence-electron chi connectivity index (χ3n) is 4.19. The van der Waals surface area contributed by atoms with E-state index in [9.17, 15) is 9.59 Å². The Kier molecular flexibility index (Phi) is 3.93. The van der Waals surface area contributed by atoms with E-state index >= 15 is 0 Å². The standard InChI is InChI=1S/C14H23NO3/c1-9(2)15(8-10-3-4-10)13(16)11-5-6-12(7-11)14(17)18/h9-12H,3-8H2,1-2H3,(H,17,18)/t11-,12+/m1/s1. The summed E-state index contributed by atoms with van der Waals surface area (Å²) in [6, 6.07) is 0.224. The number of aliphatic carboxylic acids is 1. The van der Waals surface area contributed by atoms with Crippen molar-refractivity contribution in [1.82, 2.24) is 4.90 Å². The minimum atomic E-state index is -0.747. The van der Waals surface area contributed by atoms with Crippen molar-refractivity contribution in [3.8, 4) is 0 Å². The van der Waals surface area contributed by atoms with Crippen LogP contribution in [0.1, 0.15) is 46.0 Å². The van der Waals surface area contributed by atoms with Gasteiger partial charge in [-0.15, -0.1) is 0 Å². The Hall–Kier alpha value is -1.06. The van der Waals surface area contributed by atoms with Crippen molar-refractivity contribution in [3.05, 3.63) is 0 Å². The minimum Gasteiger partial charge on any atom is -0.481 e. The lowest BCUT2D eigenvalue weighted by molar-refractivity contribution is -0.142. The minimum absolute atomic E-state index is 0.0627. The van der Waals surface area contributed by atoms with Gasteiger partial charge in [-0.3, -0.25) is 9.59 Å². The SMILES string of the molecule is CC(C)N(CC1CC1)C(=O)[C@@H]1CC[C@H](C(=O)O)C1. The van der Waals surface area contributed by atoms with Gasteiger partial charge in [0, 0.05) is 18.5 Å². The molecule has 0 aromatic rings. The molecule has 0 saturated heterocycles. The number of carboxylic acid groups (broad SMARTS) is 1. The summed E-state index contributed by atoms with van der Waals surface area (Å²) in [6.45, 7) is 4.96. The summed E-state index contributed by atoms with van der Waals surface area (Å²) in [4.78, 5) is 25.4. The molecule has 0 aliphatic heterocycles. The quantitative estimate of drug-likeness (QED) is 0.816. The van der Waals surface area contributed by atoms with Crippen molar-refractivity contribution >= 4 is 11.9 Å². The van der Waals surface area contributed by atoms with Crippen molar-refractivity contribution in [1.29, 1.82) is 0 Å². The molecule has 102 valence electrons. The van der Waals surface area contributed by atoms with Gasteiger partial charge in [0.15, 0.2) is 0 Å². The van der Waals surface area contributed by atoms with Crippen LogP contribution < -0.4 is 0 Å². The smallest absolute Gasteiger partial charge is 0.306 e. The van der Waals surface area contributed by atoms with Gasteiger partial charge in [-0.2, -0.15) is 0 Å². The summed E-state index contributed by atoms with van der Waals surface area (Å²) >= 11 is 0. The molecule has 0 aromatic heterocycles. The Morgan fingerprint density at radius 1 is 1.17 bits per heavy atom. The molecule has 0 spiro atoms. The molecule has 2 saturated carbocycles. The lowest BCUT2D eigenvalue weighted by Crippen LogP contribution is -2.41. The van der Waals surface area contributed by atoms with Gasteiger partial charge in [0.2, 0.25) is 5.91 Å². The van der Waals surface area contributed by atoms with Crippen molar-refractivity contribution in [2.24, 2.45) is 17.8 Å². The lowest BCUT2D eigenvalue weighted by Gasteiger charge is -2.29. The monoisotopic (exact) mass is 253 g/mol. The van der Waals surface area contributed by atoms with E-state index in [-0.39, 0.29) is 23.8 Å². The normalized spacial score (nSPS) is 27.5. The second-order valence-corrected chi connectivity index (χ2v) is 6.07. The number of amides is 1. The van der Waals surface area contributed by atoms with Gasteiger partial charge in [0.1, 0.15) is 0 Å². The van der Waals surface area contributed by atoms with Crippen LogP contribution in [0.5, 0.6) is 0 Å². The van der Waals surface area contributed by atoms with Crippen LogP contribution in [0.2, 0.25) is 0 Å². The fourth-order valence-electron chi connectivity index (χ4n) is 2.80. The maximum atomic E-state index is 12.5. The maximum absolute atomic E-state index is 12.5. The Labute approximate surface area is 108 Å². The van der Waals surface area contributed by atoms with E-state index < -0.39 is 5.97 Å². The molecule has 2 fully saturated rings. The average molecular weight is 253 g/mol. The topological polar surface area (TPSA) is 57.6 Å². The third-order valence-corrected chi connectivity index (χ3v) is 4.19. The van der Waals surface area contributed by atoms with Crippen LogP contribution in [-0.4, -0.2) is 34.5 Å². The second kappa shape index (κ2) is 5.29. The number of hydrogen-bond acceptors (Lipinski definition) is 2. The summed E-state index contributed by atoms with van der Waals surface area (Å²) in [6.07, 6.45) is 4.39. The Balaban J connectivity index is 1.93. The first kappa shape index (κ1) is 13.4. The van der Waals surface area contributed by atoms with E-state index in [1.165, 1.54) is 12.8 Å². The van der Waals surface area contributed by atoms with Crippen molar-refractivity contribution in [3.63, 3.8) is 0 Å². The zero-order chi connectivity index (χ0) is 13.3. The number of hydrogen-bond donors (Lipinski definition) is 1. The van der Waals surface area contributed by atoms with Crippen LogP contribution >= 0.6 is 0 Å². The molecule has 4 nitrogen and oxygen atoms in total. The molecule has 2 aliphatic carbocycles. The van der Waals surface area contributed by atoms with Crippen LogP contribution in [0.4, 0.5) is 0 Å². The number of carbonyl (C=O) groups excluding carboxylic acids is 1. The molecule has 0 aromatic carbocycles. The Bertz CT molecular complexity index is 336. The fraction of sp³-hybridized carbons (Fsp3) is 0.857. The number of carboxylic acids is 1. The fourth-order valence-corrected chi connectivity index (χ4v) is 2.80. The Morgan fingerprint density at radius 2 is 1.78 bits per heavy atom. The van der Waals surface area contributed by atoms with E-state index in [0.29, 0.717) is 18.8 Å². The molecular weight excluding hydrogens is 230 g/mol. The lowest BCUT2D eigenvalue weighted by atomic mass is 10.0. The van der Waals surface area contributed by atoms with Crippen molar-refractivity contribution < 1.29 is 14.7 Å². The van der Waals surface area contributed by atoms with Gasteiger partial charge in [-0.05, 0) is 51.9 Å². The Morgan fingerprint density at radius 3 is 2.22 bits per heavy atom. The summed E-state index contributed by atoms with van der Waals surface area (Å²) in [7, 11) is 0. The molecule has 0 heterocycles. The van der Waals surface area contributed by atoms with Gasteiger partial charge >= 0.3 is 5.97 Å². The highest BCUT2D eigenvalue weighted by Crippen LogP contribution is 2.35. The van der Waals surface area contributed by atoms with Crippen molar-refractivity contribution in [2.75, 3.05) is 6.54 Å². The molecule has 0 radical (unpaired) electrons. The number of rotatable bonds is 5. The van der Waals surface area contributed by atoms with Gasteiger partial charge in [0.05, 0.1) is 5.92 Å². The van der Waals surface area contributed by atoms with Crippen LogP contribution in [0, 0.1) is 17.8 Å². The first-order valence-electron chi connectivity index (χ1n) is 7.02. The van der Waals surface area contributed by atoms with Gasteiger partial charge in [-0.1, -0.05) is 0 Å². The van der Waals surface area contributed by atoms with Gasteiger partial charge in [-0.25, -0.2) is 0 Å². The molecule has 2 aliphatic rings. The highest BCUT2D eigenvalue weighted by Gasteiger charge is 2.37. The highest BCUT2D eigenvalue weighted by molar-refractivity contribution is 5.81. The highest BCUT2D eigenvalue weighted by atomic mass is 16.4. The molecule has 1 amide bonds. The molecule has 2 rings (SSSR count). The molecular formula is C14H23NO3. The summed E-state index contributed by atoms with van der Waals surface area (Å²) < 4.78 is 0. The second-order valence-electron chi connectivity index (χ2n) is 6.07. The zero-order valence-electron chi connectivity index (χ0n) is 11.3.